The van der Waals surface area contributed by atoms with Crippen molar-refractivity contribution in [3.63, 3.8) is 0 Å². The van der Waals surface area contributed by atoms with Crippen LogP contribution in [0.3, 0.4) is 0 Å². The minimum atomic E-state index is 1.04. The van der Waals surface area contributed by atoms with Gasteiger partial charge < -0.3 is 0 Å². The number of benzene rings is 1. The number of halogens is 1. The van der Waals surface area contributed by atoms with Gasteiger partial charge in [0, 0.05) is 28.2 Å². The molecule has 0 aliphatic heterocycles. The second-order valence-electron chi connectivity index (χ2n) is 4.08. The van der Waals surface area contributed by atoms with Gasteiger partial charge in [-0.2, -0.15) is 5.10 Å². The fourth-order valence-corrected chi connectivity index (χ4v) is 3.35. The molecule has 0 spiro atoms. The van der Waals surface area contributed by atoms with Crippen LogP contribution in [0, 0.1) is 13.8 Å². The summed E-state index contributed by atoms with van der Waals surface area (Å²) >= 11 is 5.40. The monoisotopic (exact) mass is 310 g/mol. The van der Waals surface area contributed by atoms with Crippen molar-refractivity contribution < 1.29 is 0 Å². The van der Waals surface area contributed by atoms with Crippen LogP contribution >= 0.6 is 27.7 Å². The van der Waals surface area contributed by atoms with E-state index in [1.165, 1.54) is 21.6 Å². The van der Waals surface area contributed by atoms with E-state index in [4.69, 9.17) is 0 Å². The summed E-state index contributed by atoms with van der Waals surface area (Å²) in [5.74, 6) is 0. The Kier molecular flexibility index (Phi) is 3.64. The number of hydrogen-bond acceptors (Lipinski definition) is 2. The van der Waals surface area contributed by atoms with E-state index in [0.29, 0.717) is 0 Å². The van der Waals surface area contributed by atoms with Crippen molar-refractivity contribution >= 4 is 27.7 Å². The molecule has 90 valence electrons. The molecule has 2 rings (SSSR count). The summed E-state index contributed by atoms with van der Waals surface area (Å²) in [4.78, 5) is 1.31. The van der Waals surface area contributed by atoms with Crippen LogP contribution in [0.2, 0.25) is 0 Å². The van der Waals surface area contributed by atoms with Crippen LogP contribution in [0.4, 0.5) is 0 Å². The molecule has 0 saturated heterocycles. The zero-order chi connectivity index (χ0) is 12.6. The average molecular weight is 311 g/mol. The van der Waals surface area contributed by atoms with Gasteiger partial charge in [0.2, 0.25) is 0 Å². The summed E-state index contributed by atoms with van der Waals surface area (Å²) in [6.45, 7) is 4.27. The minimum Gasteiger partial charge on any atom is -0.275 e. The first-order chi connectivity index (χ1) is 8.04. The Balaban J connectivity index is 2.74. The fourth-order valence-electron chi connectivity index (χ4n) is 1.97. The molecular formula is C13H15BrN2S. The molecular weight excluding hydrogens is 296 g/mol. The Labute approximate surface area is 115 Å². The molecule has 0 fully saturated rings. The smallest absolute Gasteiger partial charge is 0.0937 e. The van der Waals surface area contributed by atoms with Gasteiger partial charge in [0.1, 0.15) is 0 Å². The molecule has 0 N–H and O–H groups in total. The number of aryl methyl sites for hydroxylation is 2. The molecule has 0 bridgehead atoms. The second-order valence-corrected chi connectivity index (χ2v) is 5.75. The summed E-state index contributed by atoms with van der Waals surface area (Å²) in [6, 6.07) is 4.24. The van der Waals surface area contributed by atoms with Crippen LogP contribution in [0.5, 0.6) is 0 Å². The van der Waals surface area contributed by atoms with Gasteiger partial charge in [-0.25, -0.2) is 0 Å². The lowest BCUT2D eigenvalue weighted by molar-refractivity contribution is 0.770. The molecule has 0 aliphatic carbocycles. The third-order valence-electron chi connectivity index (χ3n) is 2.84. The first-order valence-electron chi connectivity index (χ1n) is 5.38. The maximum atomic E-state index is 4.52. The van der Waals surface area contributed by atoms with Crippen molar-refractivity contribution in [3.05, 3.63) is 33.9 Å². The quantitative estimate of drug-likeness (QED) is 0.774. The molecule has 2 aromatic rings. The highest BCUT2D eigenvalue weighted by atomic mass is 79.9. The summed E-state index contributed by atoms with van der Waals surface area (Å²) in [5.41, 5.74) is 4.82. The van der Waals surface area contributed by atoms with Crippen LogP contribution in [-0.2, 0) is 7.05 Å². The van der Waals surface area contributed by atoms with E-state index >= 15 is 0 Å². The lowest BCUT2D eigenvalue weighted by Crippen LogP contribution is -1.94. The van der Waals surface area contributed by atoms with Crippen molar-refractivity contribution in [2.45, 2.75) is 18.7 Å². The number of aromatic nitrogens is 2. The van der Waals surface area contributed by atoms with Gasteiger partial charge in [-0.15, -0.1) is 11.8 Å². The van der Waals surface area contributed by atoms with E-state index < -0.39 is 0 Å². The first kappa shape index (κ1) is 12.7. The van der Waals surface area contributed by atoms with Gasteiger partial charge in [-0.3, -0.25) is 4.68 Å². The largest absolute Gasteiger partial charge is 0.275 e. The minimum absolute atomic E-state index is 1.04. The van der Waals surface area contributed by atoms with Crippen LogP contribution < -0.4 is 0 Å². The predicted molar refractivity (Wildman–Crippen MR) is 77.6 cm³/mol. The second kappa shape index (κ2) is 4.86. The van der Waals surface area contributed by atoms with E-state index in [0.717, 1.165) is 10.2 Å². The molecule has 4 heteroatoms. The van der Waals surface area contributed by atoms with E-state index in [9.17, 15) is 0 Å². The van der Waals surface area contributed by atoms with Gasteiger partial charge in [-0.05, 0) is 43.4 Å². The summed E-state index contributed by atoms with van der Waals surface area (Å²) < 4.78 is 2.99. The molecule has 1 aromatic heterocycles. The van der Waals surface area contributed by atoms with Crippen LogP contribution in [-0.4, -0.2) is 16.0 Å². The molecule has 0 radical (unpaired) electrons. The van der Waals surface area contributed by atoms with Crippen LogP contribution in [0.1, 0.15) is 11.1 Å². The Bertz CT molecular complexity index is 561. The predicted octanol–water partition coefficient (Wildman–Crippen LogP) is 4.19. The normalized spacial score (nSPS) is 10.9. The van der Waals surface area contributed by atoms with Gasteiger partial charge >= 0.3 is 0 Å². The van der Waals surface area contributed by atoms with Gasteiger partial charge in [-0.1, -0.05) is 15.9 Å². The molecule has 0 unspecified atom stereocenters. The number of nitrogens with zero attached hydrogens (tertiary/aromatic N) is 2. The third-order valence-corrected chi connectivity index (χ3v) is 4.59. The standard InChI is InChI=1S/C13H15BrN2S/c1-8-7-10(14)9(2)12(13(8)17-4)11-5-6-16(3)15-11/h5-7H,1-4H3. The molecule has 0 saturated carbocycles. The number of thioether (sulfide) groups is 1. The SMILES string of the molecule is CSc1c(C)cc(Br)c(C)c1-c1ccn(C)n1. The van der Waals surface area contributed by atoms with Gasteiger partial charge in [0.05, 0.1) is 5.69 Å². The Morgan fingerprint density at radius 3 is 2.59 bits per heavy atom. The molecule has 17 heavy (non-hydrogen) atoms. The molecule has 1 aromatic carbocycles. The lowest BCUT2D eigenvalue weighted by Gasteiger charge is -2.13. The molecule has 0 amide bonds. The van der Waals surface area contributed by atoms with Gasteiger partial charge in [0.15, 0.2) is 0 Å². The Morgan fingerprint density at radius 1 is 1.35 bits per heavy atom. The van der Waals surface area contributed by atoms with E-state index in [1.807, 2.05) is 17.9 Å². The van der Waals surface area contributed by atoms with Crippen molar-refractivity contribution in [1.82, 2.24) is 9.78 Å². The van der Waals surface area contributed by atoms with E-state index in [2.05, 4.69) is 53.3 Å². The first-order valence-corrected chi connectivity index (χ1v) is 7.40. The van der Waals surface area contributed by atoms with Crippen molar-refractivity contribution in [1.29, 1.82) is 0 Å². The molecule has 1 heterocycles. The van der Waals surface area contributed by atoms with E-state index in [1.54, 1.807) is 11.8 Å². The highest BCUT2D eigenvalue weighted by Gasteiger charge is 2.15. The Morgan fingerprint density at radius 2 is 2.06 bits per heavy atom. The lowest BCUT2D eigenvalue weighted by atomic mass is 10.0. The maximum absolute atomic E-state index is 4.52. The Hall–Kier alpha value is -0.740. The van der Waals surface area contributed by atoms with E-state index in [-0.39, 0.29) is 0 Å². The summed E-state index contributed by atoms with van der Waals surface area (Å²) in [7, 11) is 1.95. The van der Waals surface area contributed by atoms with Crippen molar-refractivity contribution in [3.8, 4) is 11.3 Å². The van der Waals surface area contributed by atoms with Crippen LogP contribution in [0.15, 0.2) is 27.7 Å². The third kappa shape index (κ3) is 2.29. The highest BCUT2D eigenvalue weighted by Crippen LogP contribution is 2.38. The number of hydrogen-bond donors (Lipinski definition) is 0. The average Bonchev–Trinajstić information content (AvgIpc) is 2.69. The highest BCUT2D eigenvalue weighted by molar-refractivity contribution is 9.10. The zero-order valence-electron chi connectivity index (χ0n) is 10.4. The maximum Gasteiger partial charge on any atom is 0.0937 e. The topological polar surface area (TPSA) is 17.8 Å². The number of rotatable bonds is 2. The fraction of sp³-hybridized carbons (Fsp3) is 0.308. The molecule has 0 atom stereocenters. The summed E-state index contributed by atoms with van der Waals surface area (Å²) in [5, 5.41) is 4.52. The molecule has 2 nitrogen and oxygen atoms in total. The summed E-state index contributed by atoms with van der Waals surface area (Å²) in [6.07, 6.45) is 4.09. The molecule has 0 aliphatic rings. The van der Waals surface area contributed by atoms with Gasteiger partial charge in [0.25, 0.3) is 0 Å². The van der Waals surface area contributed by atoms with Crippen molar-refractivity contribution in [2.75, 3.05) is 6.26 Å². The van der Waals surface area contributed by atoms with Crippen LogP contribution in [0.25, 0.3) is 11.3 Å². The zero-order valence-corrected chi connectivity index (χ0v) is 12.8. The van der Waals surface area contributed by atoms with Crippen molar-refractivity contribution in [2.24, 2.45) is 7.05 Å².